The van der Waals surface area contributed by atoms with Gasteiger partial charge >= 0.3 is 5.97 Å². The van der Waals surface area contributed by atoms with Gasteiger partial charge in [-0.25, -0.2) is 0 Å². The van der Waals surface area contributed by atoms with Gasteiger partial charge in [0.25, 0.3) is 0 Å². The van der Waals surface area contributed by atoms with Crippen molar-refractivity contribution in [1.82, 2.24) is 9.97 Å². The Morgan fingerprint density at radius 1 is 1.08 bits per heavy atom. The fraction of sp³-hybridized carbons (Fsp3) is 0.238. The topological polar surface area (TPSA) is 69.2 Å². The van der Waals surface area contributed by atoms with Crippen LogP contribution in [0.4, 0.5) is 0 Å². The van der Waals surface area contributed by atoms with E-state index < -0.39 is 0 Å². The van der Waals surface area contributed by atoms with Crippen LogP contribution in [0, 0.1) is 5.92 Å². The van der Waals surface area contributed by atoms with E-state index in [2.05, 4.69) is 9.97 Å². The third kappa shape index (κ3) is 4.30. The van der Waals surface area contributed by atoms with E-state index in [-0.39, 0.29) is 17.7 Å². The molecule has 1 fully saturated rings. The Morgan fingerprint density at radius 2 is 1.62 bits per heavy atom. The quantitative estimate of drug-likeness (QED) is 0.625. The molecule has 0 spiro atoms. The zero-order chi connectivity index (χ0) is 18.4. The minimum absolute atomic E-state index is 0.0433. The van der Waals surface area contributed by atoms with Crippen LogP contribution in [-0.4, -0.2) is 28.3 Å². The van der Waals surface area contributed by atoms with Gasteiger partial charge in [0, 0.05) is 35.9 Å². The molecule has 0 N–H and O–H groups in total. The number of allylic oxidation sites excluding steroid dienone is 2. The maximum Gasteiger partial charge on any atom is 0.309 e. The first kappa shape index (κ1) is 17.7. The summed E-state index contributed by atoms with van der Waals surface area (Å²) in [6.45, 7) is 2.11. The molecule has 0 aromatic carbocycles. The maximum atomic E-state index is 12.9. The van der Waals surface area contributed by atoms with Crippen LogP contribution in [0.1, 0.15) is 30.9 Å². The summed E-state index contributed by atoms with van der Waals surface area (Å²) in [5.74, 6) is -0.675. The fourth-order valence-electron chi connectivity index (χ4n) is 3.00. The molecule has 2 aromatic heterocycles. The van der Waals surface area contributed by atoms with Crippen molar-refractivity contribution in [2.75, 3.05) is 6.61 Å². The van der Waals surface area contributed by atoms with Crippen molar-refractivity contribution in [3.8, 4) is 0 Å². The predicted octanol–water partition coefficient (Wildman–Crippen LogP) is 3.49. The molecule has 1 saturated carbocycles. The van der Waals surface area contributed by atoms with Crippen LogP contribution in [0.2, 0.25) is 0 Å². The molecular formula is C21H20N2O3. The third-order valence-corrected chi connectivity index (χ3v) is 4.19. The fourth-order valence-corrected chi connectivity index (χ4v) is 3.00. The number of ketones is 1. The van der Waals surface area contributed by atoms with Gasteiger partial charge in [-0.05, 0) is 55.2 Å². The van der Waals surface area contributed by atoms with E-state index in [4.69, 9.17) is 4.74 Å². The van der Waals surface area contributed by atoms with E-state index in [0.717, 1.165) is 11.1 Å². The van der Waals surface area contributed by atoms with Gasteiger partial charge in [-0.2, -0.15) is 0 Å². The minimum atomic E-state index is -0.363. The molecule has 0 amide bonds. The number of ether oxygens (including phenoxy) is 1. The van der Waals surface area contributed by atoms with E-state index in [1.54, 1.807) is 43.9 Å². The molecule has 0 aliphatic heterocycles. The molecule has 1 aliphatic rings. The second-order valence-corrected chi connectivity index (χ2v) is 6.10. The van der Waals surface area contributed by atoms with Gasteiger partial charge in [0.15, 0.2) is 5.78 Å². The lowest BCUT2D eigenvalue weighted by atomic mass is 9.80. The lowest BCUT2D eigenvalue weighted by Gasteiger charge is -2.24. The number of carbonyl (C=O) groups excluding carboxylic acids is 2. The number of esters is 1. The van der Waals surface area contributed by atoms with E-state index >= 15 is 0 Å². The van der Waals surface area contributed by atoms with Gasteiger partial charge in [-0.1, -0.05) is 12.1 Å². The van der Waals surface area contributed by atoms with Gasteiger partial charge in [0.1, 0.15) is 0 Å². The highest BCUT2D eigenvalue weighted by atomic mass is 16.5. The monoisotopic (exact) mass is 348 g/mol. The molecule has 5 heteroatoms. The highest BCUT2D eigenvalue weighted by Crippen LogP contribution is 2.33. The Balaban J connectivity index is 1.96. The second kappa shape index (κ2) is 8.34. The smallest absolute Gasteiger partial charge is 0.309 e. The van der Waals surface area contributed by atoms with E-state index in [9.17, 15) is 9.59 Å². The summed E-state index contributed by atoms with van der Waals surface area (Å²) in [4.78, 5) is 33.4. The van der Waals surface area contributed by atoms with Crippen LogP contribution < -0.4 is 0 Å². The summed E-state index contributed by atoms with van der Waals surface area (Å²) in [6, 6.07) is 7.39. The highest BCUT2D eigenvalue weighted by Gasteiger charge is 2.32. The maximum absolute atomic E-state index is 12.9. The van der Waals surface area contributed by atoms with Gasteiger partial charge in [-0.15, -0.1) is 0 Å². The average molecular weight is 348 g/mol. The summed E-state index contributed by atoms with van der Waals surface area (Å²) in [5, 5.41) is 0. The normalized spacial score (nSPS) is 20.3. The summed E-state index contributed by atoms with van der Waals surface area (Å²) in [5.41, 5.74) is 2.86. The van der Waals surface area contributed by atoms with Crippen molar-refractivity contribution in [3.63, 3.8) is 0 Å². The average Bonchev–Trinajstić information content (AvgIpc) is 2.66. The number of pyridine rings is 2. The Kier molecular flexibility index (Phi) is 5.69. The number of hydrogen-bond donors (Lipinski definition) is 0. The molecule has 2 aromatic rings. The number of Topliss-reactive ketones (excluding diaryl/α,β-unsaturated/α-hetero) is 1. The number of nitrogens with zero attached hydrogens (tertiary/aromatic N) is 2. The summed E-state index contributed by atoms with van der Waals surface area (Å²) >= 11 is 0. The molecule has 26 heavy (non-hydrogen) atoms. The molecule has 2 heterocycles. The van der Waals surface area contributed by atoms with E-state index in [0.29, 0.717) is 30.6 Å². The highest BCUT2D eigenvalue weighted by molar-refractivity contribution is 6.14. The molecule has 1 unspecified atom stereocenters. The third-order valence-electron chi connectivity index (χ3n) is 4.19. The second-order valence-electron chi connectivity index (χ2n) is 6.10. The van der Waals surface area contributed by atoms with Crippen molar-refractivity contribution >= 4 is 23.9 Å². The zero-order valence-corrected chi connectivity index (χ0v) is 14.6. The van der Waals surface area contributed by atoms with Crippen LogP contribution in [-0.2, 0) is 14.3 Å². The zero-order valence-electron chi connectivity index (χ0n) is 14.6. The van der Waals surface area contributed by atoms with Crippen molar-refractivity contribution in [3.05, 3.63) is 71.3 Å². The lowest BCUT2D eigenvalue weighted by Crippen LogP contribution is -2.27. The van der Waals surface area contributed by atoms with E-state index in [1.807, 2.05) is 24.3 Å². The molecule has 5 nitrogen and oxygen atoms in total. The molecule has 3 rings (SSSR count). The van der Waals surface area contributed by atoms with Crippen LogP contribution in [0.25, 0.3) is 12.2 Å². The Hall–Kier alpha value is -3.08. The minimum Gasteiger partial charge on any atom is -0.466 e. The summed E-state index contributed by atoms with van der Waals surface area (Å²) in [7, 11) is 0. The first-order valence-corrected chi connectivity index (χ1v) is 8.60. The SMILES string of the molecule is CCOC(=O)C1C/C(=C/c2cccnc2)C(=O)/C(=C/c2cccnc2)C1. The Morgan fingerprint density at radius 3 is 2.04 bits per heavy atom. The number of rotatable bonds is 4. The number of hydrogen-bond acceptors (Lipinski definition) is 5. The number of aromatic nitrogens is 2. The Bertz CT molecular complexity index is 781. The molecule has 1 aliphatic carbocycles. The molecular weight excluding hydrogens is 328 g/mol. The predicted molar refractivity (Wildman–Crippen MR) is 98.8 cm³/mol. The number of carbonyl (C=O) groups is 2. The van der Waals surface area contributed by atoms with Crippen LogP contribution in [0.3, 0.4) is 0 Å². The molecule has 0 radical (unpaired) electrons. The first-order chi connectivity index (χ1) is 12.7. The Labute approximate surface area is 152 Å². The molecule has 0 saturated heterocycles. The molecule has 1 atom stereocenters. The molecule has 132 valence electrons. The lowest BCUT2D eigenvalue weighted by molar-refractivity contribution is -0.148. The van der Waals surface area contributed by atoms with Crippen LogP contribution >= 0.6 is 0 Å². The van der Waals surface area contributed by atoms with Crippen molar-refractivity contribution < 1.29 is 14.3 Å². The van der Waals surface area contributed by atoms with Gasteiger partial charge < -0.3 is 4.74 Å². The van der Waals surface area contributed by atoms with Gasteiger partial charge in [-0.3, -0.25) is 19.6 Å². The molecule has 0 bridgehead atoms. The first-order valence-electron chi connectivity index (χ1n) is 8.60. The van der Waals surface area contributed by atoms with Crippen molar-refractivity contribution in [2.45, 2.75) is 19.8 Å². The summed E-state index contributed by atoms with van der Waals surface area (Å²) < 4.78 is 5.18. The summed E-state index contributed by atoms with van der Waals surface area (Å²) in [6.07, 6.45) is 11.1. The van der Waals surface area contributed by atoms with Gasteiger partial charge in [0.2, 0.25) is 0 Å². The van der Waals surface area contributed by atoms with Crippen molar-refractivity contribution in [1.29, 1.82) is 0 Å². The van der Waals surface area contributed by atoms with Gasteiger partial charge in [0.05, 0.1) is 12.5 Å². The van der Waals surface area contributed by atoms with Crippen LogP contribution in [0.5, 0.6) is 0 Å². The van der Waals surface area contributed by atoms with Crippen LogP contribution in [0.15, 0.2) is 60.2 Å². The standard InChI is InChI=1S/C21H20N2O3/c1-2-26-21(25)19-11-17(9-15-5-3-7-22-13-15)20(24)18(12-19)10-16-6-4-8-23-14-16/h3-10,13-14,19H,2,11-12H2,1H3/b17-9-,18-10+. The largest absolute Gasteiger partial charge is 0.466 e. The van der Waals surface area contributed by atoms with Crippen molar-refractivity contribution in [2.24, 2.45) is 5.92 Å². The van der Waals surface area contributed by atoms with E-state index in [1.165, 1.54) is 0 Å².